The molecule has 1 aliphatic rings. The summed E-state index contributed by atoms with van der Waals surface area (Å²) in [6.45, 7) is 4.42. The second-order valence-corrected chi connectivity index (χ2v) is 7.14. The Bertz CT molecular complexity index is 1100. The van der Waals surface area contributed by atoms with Gasteiger partial charge < -0.3 is 14.2 Å². The molecule has 3 aromatic rings. The van der Waals surface area contributed by atoms with Gasteiger partial charge in [-0.05, 0) is 67.0 Å². The highest BCUT2D eigenvalue weighted by Crippen LogP contribution is 2.39. The molecule has 2 heterocycles. The maximum Gasteiger partial charge on any atom is 0.231 e. The van der Waals surface area contributed by atoms with Gasteiger partial charge in [-0.1, -0.05) is 17.7 Å². The molecule has 1 aromatic heterocycles. The van der Waals surface area contributed by atoms with E-state index in [4.69, 9.17) is 38.0 Å². The van der Waals surface area contributed by atoms with E-state index in [1.54, 1.807) is 18.3 Å². The van der Waals surface area contributed by atoms with Crippen LogP contribution in [0.2, 0.25) is 5.02 Å². The molecule has 0 atom stereocenters. The lowest BCUT2D eigenvalue weighted by molar-refractivity contribution is 0.174. The number of ether oxygens (including phenoxy) is 3. The van der Waals surface area contributed by atoms with Gasteiger partial charge in [-0.15, -0.1) is 0 Å². The van der Waals surface area contributed by atoms with Gasteiger partial charge in [-0.3, -0.25) is 0 Å². The van der Waals surface area contributed by atoms with Crippen molar-refractivity contribution in [2.75, 3.05) is 6.79 Å². The molecule has 4 rings (SSSR count). The standard InChI is InChI=1S/C19H17ClN4O3S/c1-11-3-12(2)5-14(4-11)25-9-17-22-23-19(28)24(17)21-8-13-6-15(20)18-16(7-13)26-10-27-18/h3-8H,9-10H2,1-2H3,(H,23,28)/b21-8-. The topological polar surface area (TPSA) is 73.7 Å². The van der Waals surface area contributed by atoms with Gasteiger partial charge in [0.05, 0.1) is 11.2 Å². The molecule has 7 nitrogen and oxygen atoms in total. The average Bonchev–Trinajstić information content (AvgIpc) is 3.24. The largest absolute Gasteiger partial charge is 0.486 e. The van der Waals surface area contributed by atoms with Crippen molar-refractivity contribution in [2.24, 2.45) is 5.10 Å². The van der Waals surface area contributed by atoms with E-state index in [1.807, 2.05) is 26.0 Å². The summed E-state index contributed by atoms with van der Waals surface area (Å²) < 4.78 is 18.4. The zero-order valence-electron chi connectivity index (χ0n) is 15.2. The summed E-state index contributed by atoms with van der Waals surface area (Å²) in [4.78, 5) is 0. The van der Waals surface area contributed by atoms with Gasteiger partial charge in [0.25, 0.3) is 0 Å². The van der Waals surface area contributed by atoms with Gasteiger partial charge in [-0.2, -0.15) is 14.9 Å². The minimum atomic E-state index is 0.155. The van der Waals surface area contributed by atoms with Crippen molar-refractivity contribution in [3.05, 3.63) is 62.6 Å². The van der Waals surface area contributed by atoms with Gasteiger partial charge in [0.2, 0.25) is 11.6 Å². The average molecular weight is 417 g/mol. The Morgan fingerprint density at radius 2 is 2.04 bits per heavy atom. The third-order valence-corrected chi connectivity index (χ3v) is 4.60. The van der Waals surface area contributed by atoms with Crippen molar-refractivity contribution < 1.29 is 14.2 Å². The number of rotatable bonds is 5. The van der Waals surface area contributed by atoms with Gasteiger partial charge >= 0.3 is 0 Å². The lowest BCUT2D eigenvalue weighted by Gasteiger charge is -2.07. The van der Waals surface area contributed by atoms with Crippen molar-refractivity contribution in [3.63, 3.8) is 0 Å². The Labute approximate surface area is 171 Å². The monoisotopic (exact) mass is 416 g/mol. The highest BCUT2D eigenvalue weighted by atomic mass is 35.5. The zero-order chi connectivity index (χ0) is 19.7. The van der Waals surface area contributed by atoms with E-state index in [2.05, 4.69) is 21.4 Å². The van der Waals surface area contributed by atoms with E-state index in [9.17, 15) is 0 Å². The molecule has 9 heteroatoms. The Hall–Kier alpha value is -2.84. The van der Waals surface area contributed by atoms with Crippen LogP contribution >= 0.6 is 23.8 Å². The molecule has 0 radical (unpaired) electrons. The minimum Gasteiger partial charge on any atom is -0.486 e. The maximum atomic E-state index is 6.21. The fourth-order valence-corrected chi connectivity index (χ4v) is 3.36. The van der Waals surface area contributed by atoms with E-state index < -0.39 is 0 Å². The van der Waals surface area contributed by atoms with Crippen molar-refractivity contribution in [1.82, 2.24) is 14.9 Å². The van der Waals surface area contributed by atoms with Crippen LogP contribution in [-0.4, -0.2) is 27.9 Å². The van der Waals surface area contributed by atoms with Crippen molar-refractivity contribution >= 4 is 30.0 Å². The van der Waals surface area contributed by atoms with Crippen molar-refractivity contribution in [2.45, 2.75) is 20.5 Å². The third kappa shape index (κ3) is 3.88. The molecule has 0 bridgehead atoms. The zero-order valence-corrected chi connectivity index (χ0v) is 16.8. The molecule has 1 N–H and O–H groups in total. The fourth-order valence-electron chi connectivity index (χ4n) is 2.89. The van der Waals surface area contributed by atoms with Crippen LogP contribution in [0, 0.1) is 18.6 Å². The second kappa shape index (κ2) is 7.65. The predicted molar refractivity (Wildman–Crippen MR) is 108 cm³/mol. The summed E-state index contributed by atoms with van der Waals surface area (Å²) >= 11 is 11.5. The highest BCUT2D eigenvalue weighted by Gasteiger charge is 2.17. The molecule has 0 saturated heterocycles. The molecule has 144 valence electrons. The molecular formula is C19H17ClN4O3S. The van der Waals surface area contributed by atoms with Crippen LogP contribution in [0.15, 0.2) is 35.4 Å². The first-order valence-corrected chi connectivity index (χ1v) is 9.29. The third-order valence-electron chi connectivity index (χ3n) is 4.05. The van der Waals surface area contributed by atoms with Crippen LogP contribution in [0.4, 0.5) is 0 Å². The second-order valence-electron chi connectivity index (χ2n) is 6.35. The van der Waals surface area contributed by atoms with Crippen LogP contribution in [-0.2, 0) is 6.61 Å². The van der Waals surface area contributed by atoms with Gasteiger partial charge in [0.1, 0.15) is 12.4 Å². The molecule has 0 aliphatic carbocycles. The van der Waals surface area contributed by atoms with Gasteiger partial charge in [0.15, 0.2) is 17.3 Å². The molecule has 0 amide bonds. The lowest BCUT2D eigenvalue weighted by atomic mass is 10.1. The van der Waals surface area contributed by atoms with Gasteiger partial charge in [-0.25, -0.2) is 5.10 Å². The SMILES string of the molecule is Cc1cc(C)cc(OCc2n[nH]c(=S)n2/N=C\c2cc(Cl)c3c(c2)OCO3)c1. The first-order chi connectivity index (χ1) is 13.5. The summed E-state index contributed by atoms with van der Waals surface area (Å²) in [7, 11) is 0. The molecule has 0 spiro atoms. The Morgan fingerprint density at radius 1 is 1.25 bits per heavy atom. The molecule has 28 heavy (non-hydrogen) atoms. The van der Waals surface area contributed by atoms with E-state index >= 15 is 0 Å². The number of benzene rings is 2. The van der Waals surface area contributed by atoms with Crippen molar-refractivity contribution in [3.8, 4) is 17.2 Å². The summed E-state index contributed by atoms with van der Waals surface area (Å²) in [5, 5.41) is 11.8. The van der Waals surface area contributed by atoms with Crippen LogP contribution in [0.25, 0.3) is 0 Å². The van der Waals surface area contributed by atoms with Crippen LogP contribution in [0.5, 0.6) is 17.2 Å². The molecule has 0 fully saturated rings. The molecule has 0 unspecified atom stereocenters. The van der Waals surface area contributed by atoms with Gasteiger partial charge in [0, 0.05) is 0 Å². The van der Waals surface area contributed by atoms with E-state index in [0.717, 1.165) is 22.4 Å². The number of nitrogens with one attached hydrogen (secondary N) is 1. The molecule has 2 aromatic carbocycles. The normalized spacial score (nSPS) is 12.7. The summed E-state index contributed by atoms with van der Waals surface area (Å²) in [5.74, 6) is 2.45. The quantitative estimate of drug-likeness (QED) is 0.493. The van der Waals surface area contributed by atoms with E-state index in [1.165, 1.54) is 4.68 Å². The number of aromatic nitrogens is 3. The smallest absolute Gasteiger partial charge is 0.231 e. The molecule has 1 aliphatic heterocycles. The summed E-state index contributed by atoms with van der Waals surface area (Å²) in [6, 6.07) is 9.57. The fraction of sp³-hybridized carbons (Fsp3) is 0.211. The lowest BCUT2D eigenvalue weighted by Crippen LogP contribution is -2.04. The number of aryl methyl sites for hydroxylation is 2. The number of hydrogen-bond acceptors (Lipinski definition) is 6. The van der Waals surface area contributed by atoms with Crippen LogP contribution in [0.3, 0.4) is 0 Å². The van der Waals surface area contributed by atoms with Crippen LogP contribution < -0.4 is 14.2 Å². The van der Waals surface area contributed by atoms with Crippen molar-refractivity contribution in [1.29, 1.82) is 0 Å². The predicted octanol–water partition coefficient (Wildman–Crippen LogP) is 4.40. The number of halogens is 1. The van der Waals surface area contributed by atoms with E-state index in [0.29, 0.717) is 27.1 Å². The highest BCUT2D eigenvalue weighted by molar-refractivity contribution is 7.71. The number of aromatic amines is 1. The summed E-state index contributed by atoms with van der Waals surface area (Å²) in [6.07, 6.45) is 1.62. The Kier molecular flexibility index (Phi) is 5.06. The Morgan fingerprint density at radius 3 is 2.82 bits per heavy atom. The number of fused-ring (bicyclic) bond motifs is 1. The first kappa shape index (κ1) is 18.5. The van der Waals surface area contributed by atoms with E-state index in [-0.39, 0.29) is 13.4 Å². The Balaban J connectivity index is 1.54. The number of hydrogen-bond donors (Lipinski definition) is 1. The number of H-pyrrole nitrogens is 1. The summed E-state index contributed by atoms with van der Waals surface area (Å²) in [5.41, 5.74) is 3.01. The molecule has 0 saturated carbocycles. The maximum absolute atomic E-state index is 6.21. The molecular weight excluding hydrogens is 400 g/mol. The number of nitrogens with zero attached hydrogens (tertiary/aromatic N) is 3. The minimum absolute atomic E-state index is 0.155. The van der Waals surface area contributed by atoms with Crippen LogP contribution in [0.1, 0.15) is 22.5 Å². The first-order valence-electron chi connectivity index (χ1n) is 8.50.